The second-order valence-corrected chi connectivity index (χ2v) is 5.80. The Bertz CT molecular complexity index is 906. The van der Waals surface area contributed by atoms with Crippen molar-refractivity contribution in [3.05, 3.63) is 70.9 Å². The molecule has 0 heterocycles. The zero-order chi connectivity index (χ0) is 19.8. The van der Waals surface area contributed by atoms with E-state index in [0.717, 1.165) is 16.8 Å². The van der Waals surface area contributed by atoms with Crippen LogP contribution in [0.2, 0.25) is 0 Å². The first-order chi connectivity index (χ1) is 13.0. The van der Waals surface area contributed by atoms with Gasteiger partial charge in [0.05, 0.1) is 17.9 Å². The number of amides is 1. The predicted octanol–water partition coefficient (Wildman–Crippen LogP) is 3.94. The van der Waals surface area contributed by atoms with Crippen molar-refractivity contribution in [2.75, 3.05) is 17.2 Å². The highest BCUT2D eigenvalue weighted by molar-refractivity contribution is 6.09. The number of ether oxygens (including phenoxy) is 1. The molecule has 138 valence electrons. The third-order valence-electron chi connectivity index (χ3n) is 3.88. The average Bonchev–Trinajstić information content (AvgIpc) is 2.65. The maximum absolute atomic E-state index is 12.5. The van der Waals surface area contributed by atoms with Crippen molar-refractivity contribution in [1.82, 2.24) is 0 Å². The summed E-state index contributed by atoms with van der Waals surface area (Å²) >= 11 is 0. The van der Waals surface area contributed by atoms with Crippen LogP contribution in [0.15, 0.2) is 54.2 Å². The molecule has 6 nitrogen and oxygen atoms in total. The molecule has 0 radical (unpaired) electrons. The van der Waals surface area contributed by atoms with Crippen LogP contribution in [0.3, 0.4) is 0 Å². The molecule has 0 aliphatic carbocycles. The second-order valence-electron chi connectivity index (χ2n) is 5.80. The van der Waals surface area contributed by atoms with E-state index in [0.29, 0.717) is 0 Å². The fourth-order valence-corrected chi connectivity index (χ4v) is 2.50. The zero-order valence-electron chi connectivity index (χ0n) is 15.5. The van der Waals surface area contributed by atoms with E-state index < -0.39 is 11.9 Å². The van der Waals surface area contributed by atoms with Gasteiger partial charge in [0.25, 0.3) is 5.91 Å². The van der Waals surface area contributed by atoms with Crippen molar-refractivity contribution in [2.45, 2.75) is 20.8 Å². The molecule has 0 aromatic heterocycles. The first-order valence-corrected chi connectivity index (χ1v) is 8.48. The number of hydrogen-bond donors (Lipinski definition) is 2. The Morgan fingerprint density at radius 3 is 2.41 bits per heavy atom. The van der Waals surface area contributed by atoms with Crippen molar-refractivity contribution in [3.63, 3.8) is 0 Å². The summed E-state index contributed by atoms with van der Waals surface area (Å²) in [5, 5.41) is 15.0. The van der Waals surface area contributed by atoms with E-state index in [1.165, 1.54) is 6.20 Å². The summed E-state index contributed by atoms with van der Waals surface area (Å²) in [5.74, 6) is -1.16. The molecule has 0 aliphatic heterocycles. The normalized spacial score (nSPS) is 10.7. The van der Waals surface area contributed by atoms with Gasteiger partial charge in [-0.05, 0) is 44.0 Å². The van der Waals surface area contributed by atoms with Crippen molar-refractivity contribution < 1.29 is 14.3 Å². The molecule has 6 heteroatoms. The van der Waals surface area contributed by atoms with Crippen LogP contribution in [-0.2, 0) is 9.53 Å². The van der Waals surface area contributed by atoms with Crippen molar-refractivity contribution in [3.8, 4) is 6.07 Å². The number of nitrogens with zero attached hydrogens (tertiary/aromatic N) is 1. The molecule has 0 saturated heterocycles. The van der Waals surface area contributed by atoms with E-state index in [1.54, 1.807) is 31.2 Å². The number of para-hydroxylation sites is 2. The maximum atomic E-state index is 12.5. The SMILES string of the molecule is CCOC(=O)c1ccccc1NC(=O)/C(C#N)=C\Nc1c(C)cccc1C. The van der Waals surface area contributed by atoms with Gasteiger partial charge in [-0.25, -0.2) is 4.79 Å². The molecule has 27 heavy (non-hydrogen) atoms. The number of anilines is 2. The first kappa shape index (κ1) is 19.7. The third-order valence-corrected chi connectivity index (χ3v) is 3.88. The molecule has 0 fully saturated rings. The fraction of sp³-hybridized carbons (Fsp3) is 0.190. The van der Waals surface area contributed by atoms with E-state index in [4.69, 9.17) is 4.74 Å². The van der Waals surface area contributed by atoms with E-state index in [1.807, 2.05) is 38.1 Å². The monoisotopic (exact) mass is 363 g/mol. The highest BCUT2D eigenvalue weighted by atomic mass is 16.5. The van der Waals surface area contributed by atoms with Gasteiger partial charge in [0.1, 0.15) is 11.6 Å². The largest absolute Gasteiger partial charge is 0.462 e. The fourth-order valence-electron chi connectivity index (χ4n) is 2.50. The topological polar surface area (TPSA) is 91.2 Å². The molecule has 2 rings (SSSR count). The molecule has 0 saturated carbocycles. The van der Waals surface area contributed by atoms with Gasteiger partial charge in [-0.3, -0.25) is 4.79 Å². The Morgan fingerprint density at radius 2 is 1.78 bits per heavy atom. The molecule has 0 unspecified atom stereocenters. The summed E-state index contributed by atoms with van der Waals surface area (Å²) in [5.41, 5.74) is 3.23. The quantitative estimate of drug-likeness (QED) is 0.461. The number of carbonyl (C=O) groups excluding carboxylic acids is 2. The molecular weight excluding hydrogens is 342 g/mol. The number of benzene rings is 2. The molecule has 0 aliphatic rings. The minimum Gasteiger partial charge on any atom is -0.462 e. The molecule has 2 aromatic rings. The number of esters is 1. The molecule has 2 N–H and O–H groups in total. The van der Waals surface area contributed by atoms with Crippen LogP contribution in [0.5, 0.6) is 0 Å². The smallest absolute Gasteiger partial charge is 0.340 e. The van der Waals surface area contributed by atoms with Crippen LogP contribution in [0.1, 0.15) is 28.4 Å². The van der Waals surface area contributed by atoms with Gasteiger partial charge in [0, 0.05) is 11.9 Å². The van der Waals surface area contributed by atoms with E-state index in [-0.39, 0.29) is 23.4 Å². The summed E-state index contributed by atoms with van der Waals surface area (Å²) < 4.78 is 4.99. The average molecular weight is 363 g/mol. The Balaban J connectivity index is 2.21. The minimum atomic E-state index is -0.618. The summed E-state index contributed by atoms with van der Waals surface area (Å²) in [7, 11) is 0. The van der Waals surface area contributed by atoms with Gasteiger partial charge < -0.3 is 15.4 Å². The Hall–Kier alpha value is -3.59. The third kappa shape index (κ3) is 4.95. The van der Waals surface area contributed by atoms with Crippen LogP contribution in [0, 0.1) is 25.2 Å². The summed E-state index contributed by atoms with van der Waals surface area (Å²) in [4.78, 5) is 24.5. The van der Waals surface area contributed by atoms with Crippen LogP contribution < -0.4 is 10.6 Å². The van der Waals surface area contributed by atoms with Gasteiger partial charge in [0.15, 0.2) is 0 Å². The lowest BCUT2D eigenvalue weighted by Gasteiger charge is -2.11. The number of rotatable bonds is 6. The van der Waals surface area contributed by atoms with E-state index in [2.05, 4.69) is 10.6 Å². The van der Waals surface area contributed by atoms with Crippen molar-refractivity contribution >= 4 is 23.3 Å². The molecule has 1 amide bonds. The molecular formula is C21H21N3O3. The first-order valence-electron chi connectivity index (χ1n) is 8.48. The van der Waals surface area contributed by atoms with Gasteiger partial charge in [-0.15, -0.1) is 0 Å². The standard InChI is InChI=1S/C21H21N3O3/c1-4-27-21(26)17-10-5-6-11-18(17)24-20(25)16(12-22)13-23-19-14(2)8-7-9-15(19)3/h5-11,13,23H,4H2,1-3H3,(H,24,25)/b16-13-. The highest BCUT2D eigenvalue weighted by Gasteiger charge is 2.16. The Kier molecular flexibility index (Phi) is 6.73. The van der Waals surface area contributed by atoms with E-state index >= 15 is 0 Å². The lowest BCUT2D eigenvalue weighted by molar-refractivity contribution is -0.112. The summed E-state index contributed by atoms with van der Waals surface area (Å²) in [6, 6.07) is 14.2. The van der Waals surface area contributed by atoms with Gasteiger partial charge in [-0.2, -0.15) is 5.26 Å². The van der Waals surface area contributed by atoms with Crippen molar-refractivity contribution in [2.24, 2.45) is 0 Å². The lowest BCUT2D eigenvalue weighted by atomic mass is 10.1. The number of hydrogen-bond acceptors (Lipinski definition) is 5. The van der Waals surface area contributed by atoms with E-state index in [9.17, 15) is 14.9 Å². The number of nitriles is 1. The molecule has 0 bridgehead atoms. The maximum Gasteiger partial charge on any atom is 0.340 e. The predicted molar refractivity (Wildman–Crippen MR) is 104 cm³/mol. The van der Waals surface area contributed by atoms with Crippen LogP contribution >= 0.6 is 0 Å². The highest BCUT2D eigenvalue weighted by Crippen LogP contribution is 2.20. The van der Waals surface area contributed by atoms with Crippen molar-refractivity contribution in [1.29, 1.82) is 5.26 Å². The molecule has 0 spiro atoms. The van der Waals surface area contributed by atoms with Gasteiger partial charge in [-0.1, -0.05) is 30.3 Å². The van der Waals surface area contributed by atoms with Crippen LogP contribution in [-0.4, -0.2) is 18.5 Å². The number of aryl methyl sites for hydroxylation is 2. The second kappa shape index (κ2) is 9.20. The number of carbonyl (C=O) groups is 2. The van der Waals surface area contributed by atoms with Crippen LogP contribution in [0.25, 0.3) is 0 Å². The van der Waals surface area contributed by atoms with Gasteiger partial charge in [0.2, 0.25) is 0 Å². The van der Waals surface area contributed by atoms with Crippen LogP contribution in [0.4, 0.5) is 11.4 Å². The Labute approximate surface area is 158 Å². The molecule has 2 aromatic carbocycles. The number of nitrogens with one attached hydrogen (secondary N) is 2. The van der Waals surface area contributed by atoms with Gasteiger partial charge >= 0.3 is 5.97 Å². The lowest BCUT2D eigenvalue weighted by Crippen LogP contribution is -2.17. The Morgan fingerprint density at radius 1 is 1.11 bits per heavy atom. The zero-order valence-corrected chi connectivity index (χ0v) is 15.5. The molecule has 0 atom stereocenters. The minimum absolute atomic E-state index is 0.115. The summed E-state index contributed by atoms with van der Waals surface area (Å²) in [6.07, 6.45) is 1.36. The summed E-state index contributed by atoms with van der Waals surface area (Å²) in [6.45, 7) is 5.80.